The van der Waals surface area contributed by atoms with E-state index >= 15 is 0 Å². The Bertz CT molecular complexity index is 347. The van der Waals surface area contributed by atoms with Gasteiger partial charge in [0, 0.05) is 11.6 Å². The van der Waals surface area contributed by atoms with E-state index in [0.29, 0.717) is 11.4 Å². The minimum Gasteiger partial charge on any atom is -0.396 e. The molecule has 2 rings (SSSR count). The predicted molar refractivity (Wildman–Crippen MR) is 53.9 cm³/mol. The SMILES string of the molecule is OCC1(Cc2cc(F)ccc2Cl)CC1. The summed E-state index contributed by atoms with van der Waals surface area (Å²) in [5.41, 5.74) is 0.787. The maximum atomic E-state index is 12.9. The van der Waals surface area contributed by atoms with Crippen LogP contribution in [-0.4, -0.2) is 11.7 Å². The molecule has 0 aromatic heterocycles. The van der Waals surface area contributed by atoms with Gasteiger partial charge in [0.05, 0.1) is 0 Å². The topological polar surface area (TPSA) is 20.2 Å². The monoisotopic (exact) mass is 214 g/mol. The van der Waals surface area contributed by atoms with E-state index in [9.17, 15) is 4.39 Å². The highest BCUT2D eigenvalue weighted by Crippen LogP contribution is 2.48. The Kier molecular flexibility index (Phi) is 2.50. The number of hydrogen-bond donors (Lipinski definition) is 1. The highest BCUT2D eigenvalue weighted by molar-refractivity contribution is 6.31. The van der Waals surface area contributed by atoms with Gasteiger partial charge < -0.3 is 5.11 Å². The van der Waals surface area contributed by atoms with Gasteiger partial charge in [0.15, 0.2) is 0 Å². The van der Waals surface area contributed by atoms with Crippen molar-refractivity contribution in [1.29, 1.82) is 0 Å². The summed E-state index contributed by atoms with van der Waals surface area (Å²) < 4.78 is 12.9. The lowest BCUT2D eigenvalue weighted by Crippen LogP contribution is -2.10. The summed E-state index contributed by atoms with van der Waals surface area (Å²) >= 11 is 5.94. The molecule has 0 unspecified atom stereocenters. The first-order valence-electron chi connectivity index (χ1n) is 4.70. The van der Waals surface area contributed by atoms with E-state index < -0.39 is 0 Å². The van der Waals surface area contributed by atoms with E-state index in [1.165, 1.54) is 12.1 Å². The second-order valence-electron chi connectivity index (χ2n) is 4.07. The van der Waals surface area contributed by atoms with Crippen molar-refractivity contribution in [2.24, 2.45) is 5.41 Å². The van der Waals surface area contributed by atoms with Crippen LogP contribution in [0.1, 0.15) is 18.4 Å². The molecule has 1 N–H and O–H groups in total. The van der Waals surface area contributed by atoms with Crippen molar-refractivity contribution >= 4 is 11.6 Å². The molecule has 1 fully saturated rings. The van der Waals surface area contributed by atoms with E-state index in [1.807, 2.05) is 0 Å². The van der Waals surface area contributed by atoms with Gasteiger partial charge in [-0.1, -0.05) is 11.6 Å². The molecule has 0 radical (unpaired) electrons. The van der Waals surface area contributed by atoms with Crippen molar-refractivity contribution < 1.29 is 9.50 Å². The molecule has 1 aliphatic carbocycles. The predicted octanol–water partition coefficient (Wildman–Crippen LogP) is 2.79. The molecule has 0 amide bonds. The van der Waals surface area contributed by atoms with Gasteiger partial charge >= 0.3 is 0 Å². The van der Waals surface area contributed by atoms with Crippen LogP contribution < -0.4 is 0 Å². The molecule has 76 valence electrons. The average molecular weight is 215 g/mol. The van der Waals surface area contributed by atoms with Crippen LogP contribution in [0.15, 0.2) is 18.2 Å². The van der Waals surface area contributed by atoms with Crippen molar-refractivity contribution in [1.82, 2.24) is 0 Å². The minimum atomic E-state index is -0.266. The largest absolute Gasteiger partial charge is 0.396 e. The molecule has 1 aliphatic rings. The number of aliphatic hydroxyl groups is 1. The zero-order valence-electron chi connectivity index (χ0n) is 7.76. The number of aliphatic hydroxyl groups excluding tert-OH is 1. The van der Waals surface area contributed by atoms with Gasteiger partial charge in [-0.2, -0.15) is 0 Å². The number of benzene rings is 1. The van der Waals surface area contributed by atoms with Crippen molar-refractivity contribution in [2.45, 2.75) is 19.3 Å². The van der Waals surface area contributed by atoms with Crippen LogP contribution in [0.25, 0.3) is 0 Å². The maximum Gasteiger partial charge on any atom is 0.123 e. The fourth-order valence-corrected chi connectivity index (χ4v) is 1.83. The summed E-state index contributed by atoms with van der Waals surface area (Å²) in [6.45, 7) is 0.167. The van der Waals surface area contributed by atoms with E-state index in [4.69, 9.17) is 16.7 Å². The van der Waals surface area contributed by atoms with Gasteiger partial charge in [0.2, 0.25) is 0 Å². The number of halogens is 2. The fraction of sp³-hybridized carbons (Fsp3) is 0.455. The number of rotatable bonds is 3. The van der Waals surface area contributed by atoms with Crippen LogP contribution in [0.3, 0.4) is 0 Å². The van der Waals surface area contributed by atoms with Crippen LogP contribution in [0.4, 0.5) is 4.39 Å². The van der Waals surface area contributed by atoms with Crippen LogP contribution >= 0.6 is 11.6 Å². The van der Waals surface area contributed by atoms with Gasteiger partial charge in [-0.25, -0.2) is 4.39 Å². The molecular formula is C11H12ClFO. The second kappa shape index (κ2) is 3.52. The quantitative estimate of drug-likeness (QED) is 0.821. The first kappa shape index (κ1) is 9.94. The summed E-state index contributed by atoms with van der Waals surface area (Å²) in [7, 11) is 0. The lowest BCUT2D eigenvalue weighted by Gasteiger charge is -2.12. The first-order chi connectivity index (χ1) is 6.65. The van der Waals surface area contributed by atoms with Crippen LogP contribution in [-0.2, 0) is 6.42 Å². The normalized spacial score (nSPS) is 18.2. The molecule has 1 nitrogen and oxygen atoms in total. The third-order valence-electron chi connectivity index (χ3n) is 2.87. The standard InChI is InChI=1S/C11H12ClFO/c12-10-2-1-9(13)5-8(10)6-11(7-14)3-4-11/h1-2,5,14H,3-4,6-7H2. The zero-order chi connectivity index (χ0) is 10.2. The summed E-state index contributed by atoms with van der Waals surface area (Å²) in [6, 6.07) is 4.38. The van der Waals surface area contributed by atoms with Crippen molar-refractivity contribution in [2.75, 3.05) is 6.61 Å². The molecule has 0 aliphatic heterocycles. The van der Waals surface area contributed by atoms with Crippen molar-refractivity contribution in [3.05, 3.63) is 34.6 Å². The van der Waals surface area contributed by atoms with Gasteiger partial charge in [-0.3, -0.25) is 0 Å². The molecule has 0 saturated heterocycles. The van der Waals surface area contributed by atoms with Gasteiger partial charge in [0.1, 0.15) is 5.82 Å². The maximum absolute atomic E-state index is 12.9. The number of hydrogen-bond acceptors (Lipinski definition) is 1. The summed E-state index contributed by atoms with van der Waals surface area (Å²) in [6.07, 6.45) is 2.70. The molecule has 3 heteroatoms. The summed E-state index contributed by atoms with van der Waals surface area (Å²) in [5, 5.41) is 9.73. The zero-order valence-corrected chi connectivity index (χ0v) is 8.52. The van der Waals surface area contributed by atoms with Crippen LogP contribution in [0.2, 0.25) is 5.02 Å². The average Bonchev–Trinajstić information content (AvgIpc) is 2.92. The Balaban J connectivity index is 2.20. The third kappa shape index (κ3) is 1.91. The fourth-order valence-electron chi connectivity index (χ4n) is 1.65. The van der Waals surface area contributed by atoms with Gasteiger partial charge in [-0.05, 0) is 48.4 Å². The van der Waals surface area contributed by atoms with E-state index in [-0.39, 0.29) is 17.8 Å². The molecule has 0 heterocycles. The Morgan fingerprint density at radius 3 is 2.71 bits per heavy atom. The Labute approximate surface area is 87.5 Å². The highest BCUT2D eigenvalue weighted by atomic mass is 35.5. The molecule has 1 aromatic carbocycles. The van der Waals surface area contributed by atoms with E-state index in [2.05, 4.69) is 0 Å². The van der Waals surface area contributed by atoms with E-state index in [0.717, 1.165) is 18.4 Å². The summed E-state index contributed by atoms with van der Waals surface area (Å²) in [4.78, 5) is 0. The van der Waals surface area contributed by atoms with E-state index in [1.54, 1.807) is 6.07 Å². The first-order valence-corrected chi connectivity index (χ1v) is 5.08. The molecule has 14 heavy (non-hydrogen) atoms. The molecular weight excluding hydrogens is 203 g/mol. The smallest absolute Gasteiger partial charge is 0.123 e. The highest BCUT2D eigenvalue weighted by Gasteiger charge is 2.42. The molecule has 0 bridgehead atoms. The van der Waals surface area contributed by atoms with Crippen LogP contribution in [0, 0.1) is 11.2 Å². The van der Waals surface area contributed by atoms with Crippen molar-refractivity contribution in [3.8, 4) is 0 Å². The van der Waals surface area contributed by atoms with Gasteiger partial charge in [-0.15, -0.1) is 0 Å². The Morgan fingerprint density at radius 2 is 2.14 bits per heavy atom. The molecule has 0 atom stereocenters. The second-order valence-corrected chi connectivity index (χ2v) is 4.48. The lowest BCUT2D eigenvalue weighted by molar-refractivity contribution is 0.211. The summed E-state index contributed by atoms with van der Waals surface area (Å²) in [5.74, 6) is -0.266. The molecule has 1 saturated carbocycles. The Hall–Kier alpha value is -0.600. The molecule has 0 spiro atoms. The van der Waals surface area contributed by atoms with Gasteiger partial charge in [0.25, 0.3) is 0 Å². The molecule has 1 aromatic rings. The van der Waals surface area contributed by atoms with Crippen molar-refractivity contribution in [3.63, 3.8) is 0 Å². The minimum absolute atomic E-state index is 0.0164. The third-order valence-corrected chi connectivity index (χ3v) is 3.23. The van der Waals surface area contributed by atoms with Crippen LogP contribution in [0.5, 0.6) is 0 Å². The Morgan fingerprint density at radius 1 is 1.43 bits per heavy atom. The lowest BCUT2D eigenvalue weighted by atomic mass is 9.97.